The maximum Gasteiger partial charge on any atom is 0.206 e. The molecule has 106 valence electrons. The van der Waals surface area contributed by atoms with Gasteiger partial charge in [0, 0.05) is 11.4 Å². The Morgan fingerprint density at radius 2 is 1.65 bits per heavy atom. The molecule has 1 unspecified atom stereocenters. The van der Waals surface area contributed by atoms with Crippen LogP contribution in [0.1, 0.15) is 0 Å². The molecule has 0 aliphatic heterocycles. The molecule has 0 aromatic heterocycles. The molecule has 0 saturated heterocycles. The van der Waals surface area contributed by atoms with Gasteiger partial charge in [0.1, 0.15) is 0 Å². The molecule has 0 spiro atoms. The highest BCUT2D eigenvalue weighted by Gasteiger charge is 2.24. The lowest BCUT2D eigenvalue weighted by Gasteiger charge is -2.14. The Morgan fingerprint density at radius 1 is 1.05 bits per heavy atom. The summed E-state index contributed by atoms with van der Waals surface area (Å²) >= 11 is 0. The molecule has 1 atom stereocenters. The van der Waals surface area contributed by atoms with E-state index in [1.54, 1.807) is 12.1 Å². The van der Waals surface area contributed by atoms with Crippen molar-refractivity contribution < 1.29 is 13.5 Å². The Morgan fingerprint density at radius 3 is 2.25 bits per heavy atom. The lowest BCUT2D eigenvalue weighted by Crippen LogP contribution is -2.28. The maximum absolute atomic E-state index is 12.1. The molecule has 0 aliphatic rings. The minimum Gasteiger partial charge on any atom is -0.399 e. The Labute approximate surface area is 118 Å². The summed E-state index contributed by atoms with van der Waals surface area (Å²) < 4.78 is 24.3. The number of sulfone groups is 1. The minimum atomic E-state index is -3.79. The zero-order chi connectivity index (χ0) is 14.6. The summed E-state index contributed by atoms with van der Waals surface area (Å²) in [5, 5.41) is 12.8. The highest BCUT2D eigenvalue weighted by atomic mass is 32.2. The second-order valence-electron chi connectivity index (χ2n) is 4.32. The largest absolute Gasteiger partial charge is 0.399 e. The molecule has 2 aromatic rings. The van der Waals surface area contributed by atoms with Crippen LogP contribution >= 0.6 is 0 Å². The van der Waals surface area contributed by atoms with E-state index in [1.165, 1.54) is 24.3 Å². The molecule has 2 rings (SSSR count). The van der Waals surface area contributed by atoms with Crippen molar-refractivity contribution in [2.75, 3.05) is 17.6 Å². The molecule has 2 aromatic carbocycles. The van der Waals surface area contributed by atoms with Crippen LogP contribution in [-0.2, 0) is 9.84 Å². The molecule has 0 fully saturated rings. The molecule has 0 amide bonds. The summed E-state index contributed by atoms with van der Waals surface area (Å²) in [5.41, 5.74) is 5.21. The second kappa shape index (κ2) is 5.94. The Bertz CT molecular complexity index is 655. The number of benzene rings is 2. The second-order valence-corrected chi connectivity index (χ2v) is 6.42. The monoisotopic (exact) mass is 292 g/mol. The van der Waals surface area contributed by atoms with Gasteiger partial charge in [0.05, 0.1) is 11.4 Å². The molecule has 20 heavy (non-hydrogen) atoms. The molecule has 4 N–H and O–H groups in total. The normalized spacial score (nSPS) is 12.8. The van der Waals surface area contributed by atoms with Crippen LogP contribution in [0.2, 0.25) is 0 Å². The van der Waals surface area contributed by atoms with E-state index in [2.05, 4.69) is 5.32 Å². The van der Waals surface area contributed by atoms with Crippen molar-refractivity contribution in [1.29, 1.82) is 0 Å². The van der Waals surface area contributed by atoms with Gasteiger partial charge < -0.3 is 16.2 Å². The minimum absolute atomic E-state index is 0.0501. The van der Waals surface area contributed by atoms with E-state index in [0.717, 1.165) is 5.69 Å². The van der Waals surface area contributed by atoms with Crippen LogP contribution in [0.3, 0.4) is 0 Å². The van der Waals surface area contributed by atoms with Crippen molar-refractivity contribution in [2.45, 2.75) is 10.3 Å². The van der Waals surface area contributed by atoms with Crippen molar-refractivity contribution in [2.24, 2.45) is 0 Å². The predicted octanol–water partition coefficient (Wildman–Crippen LogP) is 1.47. The fourth-order valence-corrected chi connectivity index (χ4v) is 2.82. The number of aliphatic hydroxyl groups is 1. The Balaban J connectivity index is 2.08. The average Bonchev–Trinajstić information content (AvgIpc) is 2.46. The number of nitrogens with two attached hydrogens (primary N) is 1. The summed E-state index contributed by atoms with van der Waals surface area (Å²) in [4.78, 5) is 0.0501. The van der Waals surface area contributed by atoms with E-state index in [1.807, 2.05) is 18.2 Å². The molecule has 0 heterocycles. The molecule has 5 nitrogen and oxygen atoms in total. The summed E-state index contributed by atoms with van der Waals surface area (Å²) in [5.74, 6) is 0. The summed E-state index contributed by atoms with van der Waals surface area (Å²) in [6.45, 7) is -0.0866. The van der Waals surface area contributed by atoms with Gasteiger partial charge >= 0.3 is 0 Å². The van der Waals surface area contributed by atoms with Crippen LogP contribution in [0.15, 0.2) is 59.5 Å². The zero-order valence-corrected chi connectivity index (χ0v) is 11.5. The van der Waals surface area contributed by atoms with Crippen molar-refractivity contribution in [3.8, 4) is 0 Å². The number of hydrogen-bond acceptors (Lipinski definition) is 5. The van der Waals surface area contributed by atoms with Gasteiger partial charge in [0.15, 0.2) is 5.44 Å². The quantitative estimate of drug-likeness (QED) is 0.726. The first-order valence-electron chi connectivity index (χ1n) is 6.06. The zero-order valence-electron chi connectivity index (χ0n) is 10.7. The number of hydrogen-bond donors (Lipinski definition) is 3. The van der Waals surface area contributed by atoms with Crippen LogP contribution in [-0.4, -0.2) is 25.5 Å². The number of rotatable bonds is 5. The van der Waals surface area contributed by atoms with E-state index in [9.17, 15) is 13.5 Å². The molecule has 0 radical (unpaired) electrons. The van der Waals surface area contributed by atoms with Crippen LogP contribution in [0.5, 0.6) is 0 Å². The molecule has 0 bridgehead atoms. The smallest absolute Gasteiger partial charge is 0.206 e. The summed E-state index contributed by atoms with van der Waals surface area (Å²) in [7, 11) is -3.79. The Hall–Kier alpha value is -2.05. The van der Waals surface area contributed by atoms with Gasteiger partial charge in [0.2, 0.25) is 9.84 Å². The Kier molecular flexibility index (Phi) is 4.26. The first-order chi connectivity index (χ1) is 9.50. The van der Waals surface area contributed by atoms with Crippen LogP contribution in [0.25, 0.3) is 0 Å². The first kappa shape index (κ1) is 14.4. The van der Waals surface area contributed by atoms with Crippen molar-refractivity contribution >= 4 is 21.2 Å². The third-order valence-electron chi connectivity index (χ3n) is 2.82. The van der Waals surface area contributed by atoms with E-state index >= 15 is 0 Å². The molecule has 6 heteroatoms. The van der Waals surface area contributed by atoms with Gasteiger partial charge in [-0.1, -0.05) is 18.2 Å². The van der Waals surface area contributed by atoms with Crippen LogP contribution in [0, 0.1) is 0 Å². The van der Waals surface area contributed by atoms with Gasteiger partial charge in [-0.2, -0.15) is 0 Å². The fraction of sp³-hybridized carbons (Fsp3) is 0.143. The summed E-state index contributed by atoms with van der Waals surface area (Å²) in [6.07, 6.45) is 0. The van der Waals surface area contributed by atoms with Crippen LogP contribution in [0.4, 0.5) is 11.4 Å². The SMILES string of the molecule is Nc1ccc(S(=O)(=O)C(O)CNc2ccccc2)cc1. The van der Waals surface area contributed by atoms with Crippen LogP contribution < -0.4 is 11.1 Å². The third kappa shape index (κ3) is 3.28. The molecule has 0 aliphatic carbocycles. The number of aliphatic hydroxyl groups excluding tert-OH is 1. The number of anilines is 2. The van der Waals surface area contributed by atoms with Crippen molar-refractivity contribution in [1.82, 2.24) is 0 Å². The van der Waals surface area contributed by atoms with E-state index < -0.39 is 15.3 Å². The lowest BCUT2D eigenvalue weighted by atomic mass is 10.3. The van der Waals surface area contributed by atoms with E-state index in [0.29, 0.717) is 5.69 Å². The maximum atomic E-state index is 12.1. The van der Waals surface area contributed by atoms with Gasteiger partial charge in [-0.15, -0.1) is 0 Å². The van der Waals surface area contributed by atoms with Crippen molar-refractivity contribution in [3.63, 3.8) is 0 Å². The van der Waals surface area contributed by atoms with Crippen molar-refractivity contribution in [3.05, 3.63) is 54.6 Å². The molecular formula is C14H16N2O3S. The van der Waals surface area contributed by atoms with Gasteiger partial charge in [-0.05, 0) is 36.4 Å². The van der Waals surface area contributed by atoms with Gasteiger partial charge in [0.25, 0.3) is 0 Å². The predicted molar refractivity (Wildman–Crippen MR) is 79.0 cm³/mol. The van der Waals surface area contributed by atoms with E-state index in [-0.39, 0.29) is 11.4 Å². The first-order valence-corrected chi connectivity index (χ1v) is 7.61. The number of para-hydroxylation sites is 1. The highest BCUT2D eigenvalue weighted by Crippen LogP contribution is 2.17. The standard InChI is InChI=1S/C14H16N2O3S/c15-11-6-8-13(9-7-11)20(18,19)14(17)10-16-12-4-2-1-3-5-12/h1-9,14,16-17H,10,15H2. The van der Waals surface area contributed by atoms with E-state index in [4.69, 9.17) is 5.73 Å². The average molecular weight is 292 g/mol. The van der Waals surface area contributed by atoms with Gasteiger partial charge in [-0.25, -0.2) is 8.42 Å². The van der Waals surface area contributed by atoms with Gasteiger partial charge in [-0.3, -0.25) is 0 Å². The topological polar surface area (TPSA) is 92.4 Å². The number of nitrogens with one attached hydrogen (secondary N) is 1. The lowest BCUT2D eigenvalue weighted by molar-refractivity contribution is 0.261. The molecule has 0 saturated carbocycles. The summed E-state index contributed by atoms with van der Waals surface area (Å²) in [6, 6.07) is 14.8. The number of nitrogen functional groups attached to an aromatic ring is 1. The third-order valence-corrected chi connectivity index (χ3v) is 4.63. The molecular weight excluding hydrogens is 276 g/mol. The highest BCUT2D eigenvalue weighted by molar-refractivity contribution is 7.91. The fourth-order valence-electron chi connectivity index (χ4n) is 1.69.